The Morgan fingerprint density at radius 3 is 2.00 bits per heavy atom. The van der Waals surface area contributed by atoms with Crippen LogP contribution in [0.3, 0.4) is 0 Å². The van der Waals surface area contributed by atoms with Gasteiger partial charge >= 0.3 is 11.9 Å². The van der Waals surface area contributed by atoms with Crippen LogP contribution in [0.25, 0.3) is 0 Å². The summed E-state index contributed by atoms with van der Waals surface area (Å²) in [5.41, 5.74) is -2.27. The van der Waals surface area contributed by atoms with Crippen molar-refractivity contribution >= 4 is 23.5 Å². The van der Waals surface area contributed by atoms with Crippen LogP contribution in [-0.2, 0) is 23.9 Å². The zero-order valence-corrected chi connectivity index (χ0v) is 9.00. The standard InChI is InChI=1S/C9H12O8/c1-9(8(15)16,4-17-6(13)3-11)7(14)5(12)2-10/h10-11H,2-4H2,1H3,(H,15,16). The maximum atomic E-state index is 11.4. The lowest BCUT2D eigenvalue weighted by molar-refractivity contribution is -0.165. The number of carbonyl (C=O) groups excluding carboxylic acids is 3. The molecule has 0 heterocycles. The van der Waals surface area contributed by atoms with Gasteiger partial charge in [-0.1, -0.05) is 0 Å². The van der Waals surface area contributed by atoms with E-state index in [9.17, 15) is 19.2 Å². The van der Waals surface area contributed by atoms with Gasteiger partial charge in [-0.15, -0.1) is 0 Å². The molecule has 0 aliphatic heterocycles. The molecule has 0 bridgehead atoms. The molecule has 0 saturated carbocycles. The number of carboxylic acid groups (broad SMARTS) is 1. The first-order chi connectivity index (χ1) is 7.79. The van der Waals surface area contributed by atoms with Crippen molar-refractivity contribution in [2.24, 2.45) is 5.41 Å². The molecule has 0 aromatic carbocycles. The summed E-state index contributed by atoms with van der Waals surface area (Å²) in [6.45, 7) is -2.12. The van der Waals surface area contributed by atoms with Crippen LogP contribution in [0.15, 0.2) is 0 Å². The lowest BCUT2D eigenvalue weighted by atomic mass is 9.84. The Labute approximate surface area is 95.8 Å². The number of aliphatic hydroxyl groups excluding tert-OH is 2. The van der Waals surface area contributed by atoms with Crippen LogP contribution in [0.4, 0.5) is 0 Å². The number of carboxylic acids is 1. The van der Waals surface area contributed by atoms with Gasteiger partial charge in [-0.2, -0.15) is 0 Å². The van der Waals surface area contributed by atoms with Crippen LogP contribution < -0.4 is 0 Å². The van der Waals surface area contributed by atoms with Crippen LogP contribution in [0.1, 0.15) is 6.92 Å². The first-order valence-electron chi connectivity index (χ1n) is 4.48. The van der Waals surface area contributed by atoms with Gasteiger partial charge in [0.2, 0.25) is 11.6 Å². The van der Waals surface area contributed by atoms with Crippen molar-refractivity contribution in [3.63, 3.8) is 0 Å². The number of Topliss-reactive ketones (excluding diaryl/α,β-unsaturated/α-hetero) is 2. The maximum absolute atomic E-state index is 11.4. The Balaban J connectivity index is 4.92. The van der Waals surface area contributed by atoms with Crippen molar-refractivity contribution in [2.75, 3.05) is 19.8 Å². The highest BCUT2D eigenvalue weighted by molar-refractivity contribution is 6.43. The van der Waals surface area contributed by atoms with E-state index in [0.717, 1.165) is 6.92 Å². The van der Waals surface area contributed by atoms with Gasteiger partial charge in [-0.25, -0.2) is 4.79 Å². The van der Waals surface area contributed by atoms with Crippen LogP contribution in [0.2, 0.25) is 0 Å². The molecule has 1 unspecified atom stereocenters. The number of aliphatic hydroxyl groups is 2. The molecule has 0 rings (SSSR count). The minimum absolute atomic E-state index is 0.885. The Bertz CT molecular complexity index is 347. The highest BCUT2D eigenvalue weighted by Gasteiger charge is 2.45. The fourth-order valence-electron chi connectivity index (χ4n) is 0.874. The molecule has 0 aromatic heterocycles. The Hall–Kier alpha value is -1.80. The average Bonchev–Trinajstić information content (AvgIpc) is 2.32. The van der Waals surface area contributed by atoms with E-state index >= 15 is 0 Å². The number of ketones is 2. The summed E-state index contributed by atoms with van der Waals surface area (Å²) >= 11 is 0. The number of carbonyl (C=O) groups is 4. The van der Waals surface area contributed by atoms with Gasteiger partial charge in [-0.3, -0.25) is 14.4 Å². The van der Waals surface area contributed by atoms with Crippen molar-refractivity contribution in [3.8, 4) is 0 Å². The lowest BCUT2D eigenvalue weighted by Gasteiger charge is -2.21. The predicted octanol–water partition coefficient (Wildman–Crippen LogP) is -2.26. The van der Waals surface area contributed by atoms with E-state index in [2.05, 4.69) is 4.74 Å². The Kier molecular flexibility index (Phi) is 5.42. The molecule has 8 heteroatoms. The van der Waals surface area contributed by atoms with E-state index in [4.69, 9.17) is 15.3 Å². The van der Waals surface area contributed by atoms with Gasteiger partial charge in [0.1, 0.15) is 19.8 Å². The summed E-state index contributed by atoms with van der Waals surface area (Å²) in [4.78, 5) is 43.8. The fourth-order valence-corrected chi connectivity index (χ4v) is 0.874. The first-order valence-corrected chi connectivity index (χ1v) is 4.48. The van der Waals surface area contributed by atoms with Crippen LogP contribution in [0, 0.1) is 5.41 Å². The zero-order valence-electron chi connectivity index (χ0n) is 9.00. The predicted molar refractivity (Wildman–Crippen MR) is 50.9 cm³/mol. The zero-order chi connectivity index (χ0) is 13.6. The van der Waals surface area contributed by atoms with Gasteiger partial charge in [0.15, 0.2) is 5.41 Å². The van der Waals surface area contributed by atoms with Crippen molar-refractivity contribution in [1.82, 2.24) is 0 Å². The van der Waals surface area contributed by atoms with E-state index in [0.29, 0.717) is 0 Å². The normalized spacial score (nSPS) is 13.6. The van der Waals surface area contributed by atoms with Gasteiger partial charge in [0, 0.05) is 0 Å². The van der Waals surface area contributed by atoms with Gasteiger partial charge in [0.25, 0.3) is 0 Å². The molecule has 0 aliphatic rings. The summed E-state index contributed by atoms with van der Waals surface area (Å²) in [6, 6.07) is 0. The highest BCUT2D eigenvalue weighted by atomic mass is 16.5. The third-order valence-corrected chi connectivity index (χ3v) is 2.02. The summed E-state index contributed by atoms with van der Waals surface area (Å²) < 4.78 is 4.31. The second-order valence-corrected chi connectivity index (χ2v) is 3.37. The minimum atomic E-state index is -2.27. The van der Waals surface area contributed by atoms with Crippen LogP contribution >= 0.6 is 0 Å². The first kappa shape index (κ1) is 15.2. The third kappa shape index (κ3) is 3.61. The molecule has 0 aliphatic carbocycles. The molecule has 3 N–H and O–H groups in total. The summed E-state index contributed by atoms with van der Waals surface area (Å²) in [7, 11) is 0. The van der Waals surface area contributed by atoms with Crippen molar-refractivity contribution in [2.45, 2.75) is 6.92 Å². The van der Waals surface area contributed by atoms with E-state index in [1.54, 1.807) is 0 Å². The quantitative estimate of drug-likeness (QED) is 0.261. The highest BCUT2D eigenvalue weighted by Crippen LogP contribution is 2.19. The largest absolute Gasteiger partial charge is 0.480 e. The third-order valence-electron chi connectivity index (χ3n) is 2.02. The summed E-state index contributed by atoms with van der Waals surface area (Å²) in [5.74, 6) is -5.47. The molecule has 8 nitrogen and oxygen atoms in total. The van der Waals surface area contributed by atoms with Gasteiger partial charge < -0.3 is 20.1 Å². The van der Waals surface area contributed by atoms with E-state index < -0.39 is 48.7 Å². The number of ether oxygens (including phenoxy) is 1. The van der Waals surface area contributed by atoms with Crippen molar-refractivity contribution in [3.05, 3.63) is 0 Å². The Morgan fingerprint density at radius 2 is 1.65 bits per heavy atom. The lowest BCUT2D eigenvalue weighted by Crippen LogP contribution is -2.46. The molecular formula is C9H12O8. The SMILES string of the molecule is CC(COC(=O)CO)(C(=O)O)C(=O)C(=O)CO. The fraction of sp³-hybridized carbons (Fsp3) is 0.556. The number of rotatable bonds is 7. The molecule has 0 saturated heterocycles. The van der Waals surface area contributed by atoms with Crippen molar-refractivity contribution < 1.29 is 39.2 Å². The van der Waals surface area contributed by atoms with Crippen LogP contribution in [-0.4, -0.2) is 58.6 Å². The average molecular weight is 248 g/mol. The van der Waals surface area contributed by atoms with E-state index in [1.165, 1.54) is 0 Å². The van der Waals surface area contributed by atoms with Crippen LogP contribution in [0.5, 0.6) is 0 Å². The monoisotopic (exact) mass is 248 g/mol. The van der Waals surface area contributed by atoms with Gasteiger partial charge in [0.05, 0.1) is 0 Å². The number of hydrogen-bond donors (Lipinski definition) is 3. The van der Waals surface area contributed by atoms with E-state index in [1.807, 2.05) is 0 Å². The molecule has 0 amide bonds. The molecule has 1 atom stereocenters. The van der Waals surface area contributed by atoms with Gasteiger partial charge in [-0.05, 0) is 6.92 Å². The maximum Gasteiger partial charge on any atom is 0.331 e. The molecule has 0 fully saturated rings. The molecule has 0 spiro atoms. The smallest absolute Gasteiger partial charge is 0.331 e. The molecular weight excluding hydrogens is 236 g/mol. The minimum Gasteiger partial charge on any atom is -0.480 e. The summed E-state index contributed by atoms with van der Waals surface area (Å²) in [5, 5.41) is 25.6. The molecule has 0 radical (unpaired) electrons. The molecule has 17 heavy (non-hydrogen) atoms. The molecule has 0 aromatic rings. The number of esters is 1. The summed E-state index contributed by atoms with van der Waals surface area (Å²) in [6.07, 6.45) is 0. The van der Waals surface area contributed by atoms with E-state index in [-0.39, 0.29) is 0 Å². The topological polar surface area (TPSA) is 138 Å². The number of aliphatic carboxylic acids is 1. The number of hydrogen-bond acceptors (Lipinski definition) is 7. The second-order valence-electron chi connectivity index (χ2n) is 3.37. The Morgan fingerprint density at radius 1 is 1.12 bits per heavy atom. The second kappa shape index (κ2) is 6.06. The van der Waals surface area contributed by atoms with Crippen molar-refractivity contribution in [1.29, 1.82) is 0 Å². The molecule has 96 valence electrons.